The molecule has 2 rings (SSSR count). The van der Waals surface area contributed by atoms with Crippen LogP contribution in [0.15, 0.2) is 48.5 Å². The SMILES string of the molecule is CC(C)Cc1ccc(C(C)C(=O)NCc2ccc(C(F)(F)F)cc2)cc1. The van der Waals surface area contributed by atoms with Crippen LogP contribution in [0.5, 0.6) is 0 Å². The molecule has 0 fully saturated rings. The molecule has 140 valence electrons. The average Bonchev–Trinajstić information content (AvgIpc) is 2.59. The van der Waals surface area contributed by atoms with Crippen LogP contribution in [0.25, 0.3) is 0 Å². The van der Waals surface area contributed by atoms with Crippen LogP contribution < -0.4 is 5.32 Å². The number of nitrogens with one attached hydrogen (secondary N) is 1. The Hall–Kier alpha value is -2.30. The molecule has 0 spiro atoms. The van der Waals surface area contributed by atoms with Crippen molar-refractivity contribution in [2.24, 2.45) is 5.92 Å². The molecule has 0 radical (unpaired) electrons. The van der Waals surface area contributed by atoms with Crippen molar-refractivity contribution in [2.75, 3.05) is 0 Å². The molecule has 1 unspecified atom stereocenters. The molecule has 0 bridgehead atoms. The Labute approximate surface area is 152 Å². The van der Waals surface area contributed by atoms with E-state index in [-0.39, 0.29) is 18.4 Å². The Morgan fingerprint density at radius 3 is 1.96 bits per heavy atom. The second-order valence-electron chi connectivity index (χ2n) is 6.97. The number of amides is 1. The first-order valence-corrected chi connectivity index (χ1v) is 8.69. The summed E-state index contributed by atoms with van der Waals surface area (Å²) in [6, 6.07) is 12.8. The highest BCUT2D eigenvalue weighted by Gasteiger charge is 2.29. The summed E-state index contributed by atoms with van der Waals surface area (Å²) in [5, 5.41) is 2.78. The van der Waals surface area contributed by atoms with Crippen molar-refractivity contribution in [3.63, 3.8) is 0 Å². The van der Waals surface area contributed by atoms with Crippen molar-refractivity contribution in [3.05, 3.63) is 70.8 Å². The molecule has 26 heavy (non-hydrogen) atoms. The van der Waals surface area contributed by atoms with Crippen LogP contribution in [0.4, 0.5) is 13.2 Å². The van der Waals surface area contributed by atoms with Crippen molar-refractivity contribution in [3.8, 4) is 0 Å². The molecule has 0 aromatic heterocycles. The van der Waals surface area contributed by atoms with E-state index < -0.39 is 11.7 Å². The monoisotopic (exact) mass is 363 g/mol. The lowest BCUT2D eigenvalue weighted by Gasteiger charge is -2.14. The Bertz CT molecular complexity index is 718. The van der Waals surface area contributed by atoms with Gasteiger partial charge in [0.05, 0.1) is 11.5 Å². The van der Waals surface area contributed by atoms with Gasteiger partial charge in [0.15, 0.2) is 0 Å². The van der Waals surface area contributed by atoms with Crippen molar-refractivity contribution in [2.45, 2.75) is 45.8 Å². The van der Waals surface area contributed by atoms with Gasteiger partial charge in [-0.2, -0.15) is 13.2 Å². The standard InChI is InChI=1S/C21H24F3NO/c1-14(2)12-16-4-8-18(9-5-16)15(3)20(26)25-13-17-6-10-19(11-7-17)21(22,23)24/h4-11,14-15H,12-13H2,1-3H3,(H,25,26). The zero-order chi connectivity index (χ0) is 19.3. The fraction of sp³-hybridized carbons (Fsp3) is 0.381. The number of carbonyl (C=O) groups excluding carboxylic acids is 1. The smallest absolute Gasteiger partial charge is 0.352 e. The van der Waals surface area contributed by atoms with E-state index in [9.17, 15) is 18.0 Å². The van der Waals surface area contributed by atoms with Gasteiger partial charge in [-0.3, -0.25) is 4.79 Å². The molecule has 0 aliphatic carbocycles. The van der Waals surface area contributed by atoms with E-state index in [1.54, 1.807) is 0 Å². The van der Waals surface area contributed by atoms with Crippen molar-refractivity contribution in [1.29, 1.82) is 0 Å². The number of hydrogen-bond donors (Lipinski definition) is 1. The lowest BCUT2D eigenvalue weighted by molar-refractivity contribution is -0.137. The van der Waals surface area contributed by atoms with E-state index in [1.165, 1.54) is 17.7 Å². The maximum Gasteiger partial charge on any atom is 0.416 e. The van der Waals surface area contributed by atoms with Gasteiger partial charge in [0.25, 0.3) is 0 Å². The summed E-state index contributed by atoms with van der Waals surface area (Å²) < 4.78 is 37.7. The fourth-order valence-corrected chi connectivity index (χ4v) is 2.72. The second kappa shape index (κ2) is 8.39. The van der Waals surface area contributed by atoms with Gasteiger partial charge in [-0.1, -0.05) is 50.2 Å². The largest absolute Gasteiger partial charge is 0.416 e. The highest BCUT2D eigenvalue weighted by Crippen LogP contribution is 2.29. The number of benzene rings is 2. The topological polar surface area (TPSA) is 29.1 Å². The maximum atomic E-state index is 12.6. The first-order valence-electron chi connectivity index (χ1n) is 8.69. The summed E-state index contributed by atoms with van der Waals surface area (Å²) in [5.74, 6) is 0.101. The number of rotatable bonds is 6. The van der Waals surface area contributed by atoms with Gasteiger partial charge in [0.1, 0.15) is 0 Å². The molecule has 0 aliphatic heterocycles. The summed E-state index contributed by atoms with van der Waals surface area (Å²) in [6.07, 6.45) is -3.35. The molecule has 0 aliphatic rings. The van der Waals surface area contributed by atoms with E-state index in [2.05, 4.69) is 19.2 Å². The first-order chi connectivity index (χ1) is 12.2. The van der Waals surface area contributed by atoms with Gasteiger partial charge in [0, 0.05) is 6.54 Å². The Balaban J connectivity index is 1.92. The minimum atomic E-state index is -4.35. The third-order valence-corrected chi connectivity index (χ3v) is 4.26. The quantitative estimate of drug-likeness (QED) is 0.739. The third-order valence-electron chi connectivity index (χ3n) is 4.26. The van der Waals surface area contributed by atoms with Crippen LogP contribution in [-0.2, 0) is 23.9 Å². The van der Waals surface area contributed by atoms with Crippen LogP contribution in [0.3, 0.4) is 0 Å². The van der Waals surface area contributed by atoms with Gasteiger partial charge in [0.2, 0.25) is 5.91 Å². The minimum absolute atomic E-state index is 0.151. The van der Waals surface area contributed by atoms with Gasteiger partial charge >= 0.3 is 6.18 Å². The van der Waals surface area contributed by atoms with Gasteiger partial charge in [-0.25, -0.2) is 0 Å². The number of hydrogen-bond acceptors (Lipinski definition) is 1. The van der Waals surface area contributed by atoms with E-state index in [0.29, 0.717) is 11.5 Å². The molecule has 1 amide bonds. The van der Waals surface area contributed by atoms with E-state index in [4.69, 9.17) is 0 Å². The van der Waals surface area contributed by atoms with Gasteiger partial charge < -0.3 is 5.32 Å². The highest BCUT2D eigenvalue weighted by molar-refractivity contribution is 5.83. The molecule has 0 heterocycles. The summed E-state index contributed by atoms with van der Waals surface area (Å²) in [4.78, 5) is 12.3. The van der Waals surface area contributed by atoms with Crippen molar-refractivity contribution in [1.82, 2.24) is 5.32 Å². The predicted octanol–water partition coefficient (Wildman–Crippen LogP) is 5.32. The Morgan fingerprint density at radius 1 is 0.923 bits per heavy atom. The van der Waals surface area contributed by atoms with E-state index in [1.807, 2.05) is 31.2 Å². The zero-order valence-electron chi connectivity index (χ0n) is 15.2. The number of halogens is 3. The molecule has 2 aromatic carbocycles. The number of alkyl halides is 3. The second-order valence-corrected chi connectivity index (χ2v) is 6.97. The summed E-state index contributed by atoms with van der Waals surface area (Å²) >= 11 is 0. The Morgan fingerprint density at radius 2 is 1.46 bits per heavy atom. The van der Waals surface area contributed by atoms with Crippen molar-refractivity contribution < 1.29 is 18.0 Å². The third kappa shape index (κ3) is 5.61. The molecule has 1 atom stereocenters. The molecule has 2 aromatic rings. The van der Waals surface area contributed by atoms with Crippen LogP contribution in [0, 0.1) is 5.92 Å². The number of carbonyl (C=O) groups is 1. The predicted molar refractivity (Wildman–Crippen MR) is 96.7 cm³/mol. The van der Waals surface area contributed by atoms with Crippen LogP contribution in [0.1, 0.15) is 48.9 Å². The summed E-state index contributed by atoms with van der Waals surface area (Å²) in [6.45, 7) is 6.34. The van der Waals surface area contributed by atoms with E-state index >= 15 is 0 Å². The summed E-state index contributed by atoms with van der Waals surface area (Å²) in [5.41, 5.74) is 2.09. The fourth-order valence-electron chi connectivity index (χ4n) is 2.72. The summed E-state index contributed by atoms with van der Waals surface area (Å²) in [7, 11) is 0. The normalized spacial score (nSPS) is 12.9. The lowest BCUT2D eigenvalue weighted by atomic mass is 9.96. The van der Waals surface area contributed by atoms with E-state index in [0.717, 1.165) is 24.1 Å². The molecule has 5 heteroatoms. The van der Waals surface area contributed by atoms with Crippen LogP contribution >= 0.6 is 0 Å². The zero-order valence-corrected chi connectivity index (χ0v) is 15.2. The molecule has 0 saturated carbocycles. The lowest BCUT2D eigenvalue weighted by Crippen LogP contribution is -2.27. The van der Waals surface area contributed by atoms with Crippen LogP contribution in [-0.4, -0.2) is 5.91 Å². The average molecular weight is 363 g/mol. The minimum Gasteiger partial charge on any atom is -0.352 e. The molecular formula is C21H24F3NO. The van der Waals surface area contributed by atoms with Crippen LogP contribution in [0.2, 0.25) is 0 Å². The Kier molecular flexibility index (Phi) is 6.46. The maximum absolute atomic E-state index is 12.6. The van der Waals surface area contributed by atoms with Gasteiger partial charge in [-0.15, -0.1) is 0 Å². The van der Waals surface area contributed by atoms with Crippen molar-refractivity contribution >= 4 is 5.91 Å². The molecule has 0 saturated heterocycles. The molecule has 1 N–H and O–H groups in total. The molecule has 2 nitrogen and oxygen atoms in total. The van der Waals surface area contributed by atoms with Gasteiger partial charge in [-0.05, 0) is 48.1 Å². The first kappa shape index (κ1) is 20.0. The highest BCUT2D eigenvalue weighted by atomic mass is 19.4. The molecular weight excluding hydrogens is 339 g/mol.